The van der Waals surface area contributed by atoms with Gasteiger partial charge in [-0.15, -0.1) is 0 Å². The van der Waals surface area contributed by atoms with Crippen molar-refractivity contribution in [3.8, 4) is 5.75 Å². The Hall–Kier alpha value is -3.94. The maximum absolute atomic E-state index is 12.9. The summed E-state index contributed by atoms with van der Waals surface area (Å²) in [6.45, 7) is 7.23. The molecule has 2 N–H and O–H groups in total. The van der Waals surface area contributed by atoms with Gasteiger partial charge in [0.2, 0.25) is 11.8 Å². The standard InChI is InChI=1S/C28H29N3O5/c1-28(2,3)20-5-8-23-17(12-20)11-19(15-36-23)25(33)29-13-16-4-6-21-18(10-16)14-31(27(21)35)22-7-9-24(32)30-26(22)34/h4-6,8,10-12,22H,7,9,13-15H2,1-3H3,(H,29,33)(H,30,32,34). The van der Waals surface area contributed by atoms with E-state index in [-0.39, 0.29) is 36.2 Å². The molecule has 3 aliphatic rings. The molecule has 1 unspecified atom stereocenters. The quantitative estimate of drug-likeness (QED) is 0.646. The zero-order valence-corrected chi connectivity index (χ0v) is 20.6. The topological polar surface area (TPSA) is 105 Å². The first-order valence-corrected chi connectivity index (χ1v) is 12.1. The SMILES string of the molecule is CC(C)(C)c1ccc2c(c1)C=C(C(=O)NCc1ccc3c(c1)CN(C1CCC(=O)NC1=O)C3=O)CO2. The lowest BCUT2D eigenvalue weighted by atomic mass is 9.85. The molecule has 0 radical (unpaired) electrons. The van der Waals surface area contributed by atoms with Crippen LogP contribution in [0.2, 0.25) is 0 Å². The van der Waals surface area contributed by atoms with Crippen LogP contribution in [0.25, 0.3) is 6.08 Å². The Morgan fingerprint density at radius 3 is 2.69 bits per heavy atom. The Kier molecular flexibility index (Phi) is 5.90. The van der Waals surface area contributed by atoms with E-state index in [0.29, 0.717) is 30.6 Å². The van der Waals surface area contributed by atoms with Crippen LogP contribution in [0.4, 0.5) is 0 Å². The molecule has 36 heavy (non-hydrogen) atoms. The summed E-state index contributed by atoms with van der Waals surface area (Å²) in [5.74, 6) is -0.394. The second-order valence-electron chi connectivity index (χ2n) is 10.5. The van der Waals surface area contributed by atoms with Gasteiger partial charge >= 0.3 is 0 Å². The maximum Gasteiger partial charge on any atom is 0.255 e. The van der Waals surface area contributed by atoms with Crippen molar-refractivity contribution in [2.75, 3.05) is 6.61 Å². The number of imide groups is 1. The molecule has 0 aromatic heterocycles. The molecule has 8 nitrogen and oxygen atoms in total. The molecule has 8 heteroatoms. The van der Waals surface area contributed by atoms with Crippen LogP contribution in [0.3, 0.4) is 0 Å². The van der Waals surface area contributed by atoms with Gasteiger partial charge in [0.1, 0.15) is 18.4 Å². The van der Waals surface area contributed by atoms with Crippen molar-refractivity contribution in [2.24, 2.45) is 0 Å². The molecule has 0 bridgehead atoms. The van der Waals surface area contributed by atoms with Crippen LogP contribution in [-0.2, 0) is 32.9 Å². The highest BCUT2D eigenvalue weighted by Crippen LogP contribution is 2.32. The molecular formula is C28H29N3O5. The van der Waals surface area contributed by atoms with Gasteiger partial charge in [0.05, 0.1) is 5.57 Å². The van der Waals surface area contributed by atoms with E-state index in [1.165, 1.54) is 10.5 Å². The highest BCUT2D eigenvalue weighted by atomic mass is 16.5. The number of nitrogens with zero attached hydrogens (tertiary/aromatic N) is 1. The van der Waals surface area contributed by atoms with Crippen molar-refractivity contribution in [2.45, 2.75) is 58.2 Å². The predicted molar refractivity (Wildman–Crippen MR) is 133 cm³/mol. The van der Waals surface area contributed by atoms with Gasteiger partial charge in [-0.2, -0.15) is 0 Å². The van der Waals surface area contributed by atoms with E-state index >= 15 is 0 Å². The molecule has 5 rings (SSSR count). The minimum atomic E-state index is -0.648. The Morgan fingerprint density at radius 2 is 1.94 bits per heavy atom. The minimum absolute atomic E-state index is 0.00845. The summed E-state index contributed by atoms with van der Waals surface area (Å²) in [4.78, 5) is 50.9. The number of ether oxygens (including phenoxy) is 1. The Bertz CT molecular complexity index is 1320. The molecular weight excluding hydrogens is 458 g/mol. The van der Waals surface area contributed by atoms with Gasteiger partial charge in [0, 0.05) is 30.6 Å². The number of carbonyl (C=O) groups excluding carboxylic acids is 4. The molecule has 3 aliphatic heterocycles. The second-order valence-corrected chi connectivity index (χ2v) is 10.5. The molecule has 4 amide bonds. The fourth-order valence-corrected chi connectivity index (χ4v) is 4.81. The highest BCUT2D eigenvalue weighted by molar-refractivity contribution is 6.05. The van der Waals surface area contributed by atoms with Gasteiger partial charge in [-0.05, 0) is 52.8 Å². The average Bonchev–Trinajstić information content (AvgIpc) is 3.16. The summed E-state index contributed by atoms with van der Waals surface area (Å²) in [5.41, 5.74) is 4.81. The number of amides is 4. The first-order chi connectivity index (χ1) is 17.1. The summed E-state index contributed by atoms with van der Waals surface area (Å²) in [6.07, 6.45) is 2.42. The smallest absolute Gasteiger partial charge is 0.255 e. The third-order valence-electron chi connectivity index (χ3n) is 6.92. The van der Waals surface area contributed by atoms with Crippen molar-refractivity contribution in [1.29, 1.82) is 0 Å². The van der Waals surface area contributed by atoms with Crippen LogP contribution in [0.5, 0.6) is 5.75 Å². The maximum atomic E-state index is 12.9. The predicted octanol–water partition coefficient (Wildman–Crippen LogP) is 2.84. The number of benzene rings is 2. The van der Waals surface area contributed by atoms with E-state index < -0.39 is 11.9 Å². The van der Waals surface area contributed by atoms with Crippen molar-refractivity contribution in [3.63, 3.8) is 0 Å². The molecule has 0 aliphatic carbocycles. The van der Waals surface area contributed by atoms with Gasteiger partial charge in [-0.3, -0.25) is 24.5 Å². The lowest BCUT2D eigenvalue weighted by Crippen LogP contribution is -2.52. The fraction of sp³-hybridized carbons (Fsp3) is 0.357. The molecule has 1 fully saturated rings. The molecule has 186 valence electrons. The minimum Gasteiger partial charge on any atom is -0.488 e. The fourth-order valence-electron chi connectivity index (χ4n) is 4.81. The molecule has 2 aromatic rings. The van der Waals surface area contributed by atoms with Crippen molar-refractivity contribution in [1.82, 2.24) is 15.5 Å². The van der Waals surface area contributed by atoms with Crippen molar-refractivity contribution < 1.29 is 23.9 Å². The van der Waals surface area contributed by atoms with E-state index in [9.17, 15) is 19.2 Å². The average molecular weight is 488 g/mol. The molecule has 2 aromatic carbocycles. The third-order valence-corrected chi connectivity index (χ3v) is 6.92. The Balaban J connectivity index is 1.25. The summed E-state index contributed by atoms with van der Waals surface area (Å²) < 4.78 is 5.81. The van der Waals surface area contributed by atoms with Crippen molar-refractivity contribution in [3.05, 3.63) is 69.8 Å². The number of piperidine rings is 1. The number of fused-ring (bicyclic) bond motifs is 2. The van der Waals surface area contributed by atoms with E-state index in [1.807, 2.05) is 24.3 Å². The van der Waals surface area contributed by atoms with Crippen LogP contribution >= 0.6 is 0 Å². The molecule has 3 heterocycles. The lowest BCUT2D eigenvalue weighted by Gasteiger charge is -2.29. The molecule has 0 saturated carbocycles. The largest absolute Gasteiger partial charge is 0.488 e. The summed E-state index contributed by atoms with van der Waals surface area (Å²) >= 11 is 0. The molecule has 0 spiro atoms. The number of hydrogen-bond donors (Lipinski definition) is 2. The third kappa shape index (κ3) is 4.51. The van der Waals surface area contributed by atoms with Crippen molar-refractivity contribution >= 4 is 29.7 Å². The Labute approximate surface area is 209 Å². The van der Waals surface area contributed by atoms with E-state index in [2.05, 4.69) is 43.5 Å². The monoisotopic (exact) mass is 487 g/mol. The van der Waals surface area contributed by atoms with E-state index in [1.54, 1.807) is 6.07 Å². The zero-order chi connectivity index (χ0) is 25.6. The Morgan fingerprint density at radius 1 is 1.14 bits per heavy atom. The number of carbonyl (C=O) groups is 4. The zero-order valence-electron chi connectivity index (χ0n) is 20.6. The van der Waals surface area contributed by atoms with E-state index in [0.717, 1.165) is 22.4 Å². The summed E-state index contributed by atoms with van der Waals surface area (Å²) in [6, 6.07) is 10.8. The highest BCUT2D eigenvalue weighted by Gasteiger charge is 2.39. The van der Waals surface area contributed by atoms with Crippen LogP contribution < -0.4 is 15.4 Å². The van der Waals surface area contributed by atoms with Crippen LogP contribution in [0.1, 0.15) is 66.2 Å². The number of hydrogen-bond acceptors (Lipinski definition) is 5. The van der Waals surface area contributed by atoms with Gasteiger partial charge < -0.3 is 15.0 Å². The van der Waals surface area contributed by atoms with Crippen LogP contribution in [0, 0.1) is 0 Å². The van der Waals surface area contributed by atoms with Crippen LogP contribution in [-0.4, -0.2) is 41.2 Å². The van der Waals surface area contributed by atoms with Gasteiger partial charge in [-0.1, -0.05) is 39.0 Å². The summed E-state index contributed by atoms with van der Waals surface area (Å²) in [5, 5.41) is 5.26. The first-order valence-electron chi connectivity index (χ1n) is 12.1. The molecule has 1 atom stereocenters. The van der Waals surface area contributed by atoms with E-state index in [4.69, 9.17) is 4.74 Å². The number of rotatable bonds is 4. The van der Waals surface area contributed by atoms with Gasteiger partial charge in [0.15, 0.2) is 0 Å². The van der Waals surface area contributed by atoms with Gasteiger partial charge in [-0.25, -0.2) is 0 Å². The van der Waals surface area contributed by atoms with Gasteiger partial charge in [0.25, 0.3) is 11.8 Å². The summed E-state index contributed by atoms with van der Waals surface area (Å²) in [7, 11) is 0. The normalized spacial score (nSPS) is 19.2. The number of nitrogens with one attached hydrogen (secondary N) is 2. The lowest BCUT2D eigenvalue weighted by molar-refractivity contribution is -0.137. The molecule has 1 saturated heterocycles. The van der Waals surface area contributed by atoms with Crippen LogP contribution in [0.15, 0.2) is 42.0 Å². The first kappa shape index (κ1) is 23.8. The second kappa shape index (κ2) is 8.93.